The highest BCUT2D eigenvalue weighted by atomic mass is 28.4. The maximum Gasteiger partial charge on any atom is 0.253 e. The summed E-state index contributed by atoms with van der Waals surface area (Å²) in [5.74, 6) is -0.0701. The Labute approximate surface area is 185 Å². The number of nitrogens with zero attached hydrogens (tertiary/aromatic N) is 1. The van der Waals surface area contributed by atoms with Gasteiger partial charge in [0.2, 0.25) is 0 Å². The molecule has 0 radical (unpaired) electrons. The van der Waals surface area contributed by atoms with E-state index in [0.717, 1.165) is 0 Å². The average Bonchev–Trinajstić information content (AvgIpc) is 3.39. The molecule has 0 N–H and O–H groups in total. The maximum absolute atomic E-state index is 12.4. The summed E-state index contributed by atoms with van der Waals surface area (Å²) in [7, 11) is 1.51. The van der Waals surface area contributed by atoms with E-state index in [1.807, 2.05) is 13.8 Å². The summed E-state index contributed by atoms with van der Waals surface area (Å²) < 4.78 is 25.1. The van der Waals surface area contributed by atoms with Gasteiger partial charge in [-0.05, 0) is 32.0 Å². The number of carbonyl (C=O) groups is 1. The monoisotopic (exact) mass is 443 g/mol. The lowest BCUT2D eigenvalue weighted by Crippen LogP contribution is -2.54. The number of likely N-dealkylation sites (N-methyl/N-ethyl adjacent to an activating group) is 1. The van der Waals surface area contributed by atoms with E-state index in [9.17, 15) is 4.79 Å². The van der Waals surface area contributed by atoms with Gasteiger partial charge in [-0.2, -0.15) is 0 Å². The first-order chi connectivity index (χ1) is 13.5. The van der Waals surface area contributed by atoms with Crippen LogP contribution in [0.1, 0.15) is 55.4 Å². The molecule has 2 heterocycles. The van der Waals surface area contributed by atoms with Gasteiger partial charge in [0, 0.05) is 31.8 Å². The third kappa shape index (κ3) is 5.65. The molecule has 2 saturated heterocycles. The summed E-state index contributed by atoms with van der Waals surface area (Å²) in [6.07, 6.45) is -0.512. The molecule has 0 saturated carbocycles. The molecule has 0 aromatic heterocycles. The SMILES string of the molecule is C[C@@H]([C@@H](O[Si](C)(C)C(C)(C)C)[C@H](C)[C@@H]1OC(C)(C)OC[C@H]1C)[C@H]1O[C@@H]1C(=O)N(C)C. The Morgan fingerprint density at radius 3 is 2.17 bits per heavy atom. The Bertz CT molecular complexity index is 615. The molecule has 7 atom stereocenters. The molecule has 2 fully saturated rings. The summed E-state index contributed by atoms with van der Waals surface area (Å²) in [5, 5.41) is 0.0926. The van der Waals surface area contributed by atoms with Gasteiger partial charge in [0.1, 0.15) is 0 Å². The highest BCUT2D eigenvalue weighted by molar-refractivity contribution is 6.74. The fourth-order valence-corrected chi connectivity index (χ4v) is 5.55. The largest absolute Gasteiger partial charge is 0.413 e. The Hall–Kier alpha value is -0.473. The van der Waals surface area contributed by atoms with Gasteiger partial charge >= 0.3 is 0 Å². The second-order valence-electron chi connectivity index (χ2n) is 11.6. The van der Waals surface area contributed by atoms with Crippen LogP contribution in [0, 0.1) is 17.8 Å². The van der Waals surface area contributed by atoms with E-state index in [0.29, 0.717) is 6.61 Å². The molecule has 0 aromatic rings. The Morgan fingerprint density at radius 2 is 1.67 bits per heavy atom. The van der Waals surface area contributed by atoms with Crippen molar-refractivity contribution in [1.29, 1.82) is 0 Å². The molecule has 7 heteroatoms. The fourth-order valence-electron chi connectivity index (χ4n) is 4.09. The molecule has 176 valence electrons. The molecule has 0 spiro atoms. The summed E-state index contributed by atoms with van der Waals surface area (Å²) in [6, 6.07) is 0. The number of carbonyl (C=O) groups excluding carboxylic acids is 1. The summed E-state index contributed by atoms with van der Waals surface area (Å²) >= 11 is 0. The number of hydrogen-bond acceptors (Lipinski definition) is 5. The van der Waals surface area contributed by atoms with Gasteiger partial charge in [-0.15, -0.1) is 0 Å². The van der Waals surface area contributed by atoms with Crippen LogP contribution in [0.3, 0.4) is 0 Å². The quantitative estimate of drug-likeness (QED) is 0.434. The summed E-state index contributed by atoms with van der Waals surface area (Å²) in [4.78, 5) is 14.0. The van der Waals surface area contributed by atoms with Crippen molar-refractivity contribution in [3.63, 3.8) is 0 Å². The van der Waals surface area contributed by atoms with Crippen molar-refractivity contribution >= 4 is 14.2 Å². The van der Waals surface area contributed by atoms with E-state index in [2.05, 4.69) is 54.6 Å². The average molecular weight is 444 g/mol. The van der Waals surface area contributed by atoms with Gasteiger partial charge < -0.3 is 23.5 Å². The van der Waals surface area contributed by atoms with Crippen LogP contribution in [0.2, 0.25) is 18.1 Å². The minimum atomic E-state index is -2.04. The second kappa shape index (κ2) is 8.81. The van der Waals surface area contributed by atoms with E-state index >= 15 is 0 Å². The zero-order valence-corrected chi connectivity index (χ0v) is 22.2. The lowest BCUT2D eigenvalue weighted by atomic mass is 9.82. The first-order valence-electron chi connectivity index (χ1n) is 11.3. The highest BCUT2D eigenvalue weighted by Crippen LogP contribution is 2.44. The minimum Gasteiger partial charge on any atom is -0.413 e. The Balaban J connectivity index is 2.28. The first-order valence-corrected chi connectivity index (χ1v) is 14.3. The van der Waals surface area contributed by atoms with Gasteiger partial charge in [0.05, 0.1) is 24.9 Å². The lowest BCUT2D eigenvalue weighted by molar-refractivity contribution is -0.304. The number of rotatable bonds is 7. The Morgan fingerprint density at radius 1 is 1.13 bits per heavy atom. The third-order valence-corrected chi connectivity index (χ3v) is 11.7. The smallest absolute Gasteiger partial charge is 0.253 e. The van der Waals surface area contributed by atoms with E-state index in [1.165, 1.54) is 0 Å². The van der Waals surface area contributed by atoms with Crippen LogP contribution in [0.25, 0.3) is 0 Å². The molecule has 1 amide bonds. The molecule has 30 heavy (non-hydrogen) atoms. The van der Waals surface area contributed by atoms with Gasteiger partial charge in [-0.3, -0.25) is 4.79 Å². The molecule has 6 nitrogen and oxygen atoms in total. The minimum absolute atomic E-state index is 0.0210. The van der Waals surface area contributed by atoms with Crippen LogP contribution in [0.5, 0.6) is 0 Å². The topological polar surface area (TPSA) is 60.5 Å². The van der Waals surface area contributed by atoms with E-state index in [4.69, 9.17) is 18.6 Å². The van der Waals surface area contributed by atoms with Crippen molar-refractivity contribution in [2.75, 3.05) is 20.7 Å². The standard InChI is InChI=1S/C23H45NO5Si/c1-14-13-26-23(7,8)28-17(14)15(2)18(29-30(11,12)22(4,5)6)16(3)19-20(27-19)21(25)24(9)10/h14-20H,13H2,1-12H3/t14-,15-,16+,17-,18+,19-,20+/m1/s1. The van der Waals surface area contributed by atoms with Crippen molar-refractivity contribution in [3.8, 4) is 0 Å². The van der Waals surface area contributed by atoms with Crippen molar-refractivity contribution in [3.05, 3.63) is 0 Å². The van der Waals surface area contributed by atoms with Crippen LogP contribution in [0.4, 0.5) is 0 Å². The molecule has 2 aliphatic rings. The van der Waals surface area contributed by atoms with Crippen molar-refractivity contribution in [2.24, 2.45) is 17.8 Å². The molecule has 0 aliphatic carbocycles. The molecular formula is C23H45NO5Si. The zero-order valence-electron chi connectivity index (χ0n) is 21.2. The van der Waals surface area contributed by atoms with E-state index in [1.54, 1.807) is 19.0 Å². The third-order valence-electron chi connectivity index (χ3n) is 7.19. The van der Waals surface area contributed by atoms with Crippen molar-refractivity contribution in [1.82, 2.24) is 4.90 Å². The summed E-state index contributed by atoms with van der Waals surface area (Å²) in [6.45, 7) is 22.5. The molecule has 0 aromatic carbocycles. The second-order valence-corrected chi connectivity index (χ2v) is 16.3. The molecule has 2 aliphatic heterocycles. The van der Waals surface area contributed by atoms with Crippen LogP contribution in [-0.4, -0.2) is 70.0 Å². The molecule has 0 bridgehead atoms. The van der Waals surface area contributed by atoms with Gasteiger partial charge in [-0.1, -0.05) is 41.5 Å². The van der Waals surface area contributed by atoms with Crippen LogP contribution >= 0.6 is 0 Å². The fraction of sp³-hybridized carbons (Fsp3) is 0.957. The van der Waals surface area contributed by atoms with Crippen molar-refractivity contribution in [2.45, 2.75) is 104 Å². The number of amides is 1. The maximum atomic E-state index is 12.4. The molecule has 2 rings (SSSR count). The molecular weight excluding hydrogens is 398 g/mol. The normalized spacial score (nSPS) is 32.3. The number of epoxide rings is 1. The van der Waals surface area contributed by atoms with Crippen molar-refractivity contribution < 1.29 is 23.4 Å². The van der Waals surface area contributed by atoms with Crippen LogP contribution in [0.15, 0.2) is 0 Å². The number of ether oxygens (including phenoxy) is 3. The molecule has 0 unspecified atom stereocenters. The van der Waals surface area contributed by atoms with Crippen LogP contribution in [-0.2, 0) is 23.4 Å². The summed E-state index contributed by atoms with van der Waals surface area (Å²) in [5.41, 5.74) is 0. The van der Waals surface area contributed by atoms with E-state index < -0.39 is 14.1 Å². The van der Waals surface area contributed by atoms with Gasteiger partial charge in [0.25, 0.3) is 5.91 Å². The van der Waals surface area contributed by atoms with Gasteiger partial charge in [-0.25, -0.2) is 0 Å². The predicted octanol–water partition coefficient (Wildman–Crippen LogP) is 4.29. The first kappa shape index (κ1) is 25.8. The lowest BCUT2D eigenvalue weighted by Gasteiger charge is -2.48. The zero-order chi connectivity index (χ0) is 23.2. The predicted molar refractivity (Wildman–Crippen MR) is 122 cm³/mol. The van der Waals surface area contributed by atoms with Gasteiger partial charge in [0.15, 0.2) is 20.2 Å². The Kier molecular flexibility index (Phi) is 7.57. The number of hydrogen-bond donors (Lipinski definition) is 0. The van der Waals surface area contributed by atoms with E-state index in [-0.39, 0.29) is 53.1 Å². The van der Waals surface area contributed by atoms with Crippen LogP contribution < -0.4 is 0 Å². The highest BCUT2D eigenvalue weighted by Gasteiger charge is 2.54.